The monoisotopic (exact) mass is 482 g/mol. The molecule has 2 aromatic rings. The normalized spacial score (nSPS) is 13.6. The van der Waals surface area contributed by atoms with Gasteiger partial charge in [0.15, 0.2) is 5.96 Å². The molecule has 3 rings (SSSR count). The van der Waals surface area contributed by atoms with E-state index in [-0.39, 0.29) is 24.0 Å². The number of fused-ring (bicyclic) bond motifs is 1. The number of nitrogens with zero attached hydrogens (tertiary/aromatic N) is 3. The van der Waals surface area contributed by atoms with Gasteiger partial charge in [-0.1, -0.05) is 30.3 Å². The number of pyridine rings is 1. The molecular weight excluding hydrogens is 455 g/mol. The first-order valence-electron chi connectivity index (χ1n) is 8.90. The number of ether oxygens (including phenoxy) is 2. The molecule has 0 saturated heterocycles. The average Bonchev–Trinajstić information content (AvgIpc) is 2.69. The molecule has 0 aliphatic carbocycles. The van der Waals surface area contributed by atoms with Crippen LogP contribution in [0.15, 0.2) is 47.6 Å². The van der Waals surface area contributed by atoms with Gasteiger partial charge in [0.05, 0.1) is 6.61 Å². The first-order chi connectivity index (χ1) is 12.8. The van der Waals surface area contributed by atoms with E-state index in [9.17, 15) is 0 Å². The fraction of sp³-hybridized carbons (Fsp3) is 0.400. The number of hydrogen-bond acceptors (Lipinski definition) is 4. The van der Waals surface area contributed by atoms with Gasteiger partial charge in [-0.05, 0) is 23.6 Å². The Morgan fingerprint density at radius 1 is 1.19 bits per heavy atom. The second-order valence-electron chi connectivity index (χ2n) is 6.15. The van der Waals surface area contributed by atoms with E-state index in [4.69, 9.17) is 9.47 Å². The van der Waals surface area contributed by atoms with Gasteiger partial charge in [-0.3, -0.25) is 4.99 Å². The van der Waals surface area contributed by atoms with Crippen molar-refractivity contribution in [1.82, 2.24) is 15.2 Å². The lowest BCUT2D eigenvalue weighted by Crippen LogP contribution is -2.43. The number of guanidine groups is 1. The number of methoxy groups -OCH3 is 1. The van der Waals surface area contributed by atoms with Crippen molar-refractivity contribution in [3.05, 3.63) is 59.3 Å². The first-order valence-corrected chi connectivity index (χ1v) is 8.90. The van der Waals surface area contributed by atoms with Crippen molar-refractivity contribution >= 4 is 29.9 Å². The highest BCUT2D eigenvalue weighted by Crippen LogP contribution is 2.19. The number of aliphatic imine (C=N–C) groups is 1. The maximum Gasteiger partial charge on any atom is 0.218 e. The molecule has 6 nitrogen and oxygen atoms in total. The molecule has 0 bridgehead atoms. The standard InChI is InChI=1S/C20H26N4O2.HI/c1-21-20(24-11-9-16-6-3-4-7-18(16)15-24)23-14-17-8-5-10-22-19(17)26-13-12-25-2;/h3-8,10H,9,11-15H2,1-2H3,(H,21,23);1H. The van der Waals surface area contributed by atoms with E-state index in [1.54, 1.807) is 13.3 Å². The van der Waals surface area contributed by atoms with Crippen LogP contribution in [-0.2, 0) is 24.2 Å². The van der Waals surface area contributed by atoms with E-state index in [1.165, 1.54) is 11.1 Å². The van der Waals surface area contributed by atoms with Crippen molar-refractivity contribution in [1.29, 1.82) is 0 Å². The van der Waals surface area contributed by atoms with Gasteiger partial charge in [-0.2, -0.15) is 0 Å². The summed E-state index contributed by atoms with van der Waals surface area (Å²) in [6.45, 7) is 3.47. The molecule has 0 spiro atoms. The Morgan fingerprint density at radius 2 is 2.00 bits per heavy atom. The van der Waals surface area contributed by atoms with Crippen LogP contribution in [0.25, 0.3) is 0 Å². The minimum atomic E-state index is 0. The summed E-state index contributed by atoms with van der Waals surface area (Å²) in [4.78, 5) is 11.1. The fourth-order valence-corrected chi connectivity index (χ4v) is 3.09. The van der Waals surface area contributed by atoms with Crippen LogP contribution < -0.4 is 10.1 Å². The van der Waals surface area contributed by atoms with Crippen molar-refractivity contribution in [2.75, 3.05) is 33.9 Å². The predicted octanol–water partition coefficient (Wildman–Crippen LogP) is 2.86. The average molecular weight is 482 g/mol. The molecule has 7 heteroatoms. The Bertz CT molecular complexity index is 754. The fourth-order valence-electron chi connectivity index (χ4n) is 3.09. The van der Waals surface area contributed by atoms with Gasteiger partial charge >= 0.3 is 0 Å². The molecule has 0 fully saturated rings. The number of rotatable bonds is 6. The summed E-state index contributed by atoms with van der Waals surface area (Å²) in [7, 11) is 3.48. The lowest BCUT2D eigenvalue weighted by molar-refractivity contribution is 0.143. The lowest BCUT2D eigenvalue weighted by Gasteiger charge is -2.31. The van der Waals surface area contributed by atoms with E-state index in [0.29, 0.717) is 25.6 Å². The molecule has 1 aromatic heterocycles. The molecule has 0 unspecified atom stereocenters. The van der Waals surface area contributed by atoms with E-state index in [2.05, 4.69) is 44.5 Å². The minimum Gasteiger partial charge on any atom is -0.475 e. The molecule has 1 N–H and O–H groups in total. The van der Waals surface area contributed by atoms with Gasteiger partial charge in [0, 0.05) is 45.6 Å². The molecule has 1 aliphatic rings. The molecule has 0 amide bonds. The van der Waals surface area contributed by atoms with Crippen LogP contribution in [0.4, 0.5) is 0 Å². The van der Waals surface area contributed by atoms with Crippen molar-refractivity contribution in [3.63, 3.8) is 0 Å². The van der Waals surface area contributed by atoms with Crippen LogP contribution in [0.1, 0.15) is 16.7 Å². The molecular formula is C20H27IN4O2. The molecule has 27 heavy (non-hydrogen) atoms. The third kappa shape index (κ3) is 5.80. The minimum absolute atomic E-state index is 0. The number of nitrogens with one attached hydrogen (secondary N) is 1. The van der Waals surface area contributed by atoms with Gasteiger partial charge in [0.25, 0.3) is 0 Å². The van der Waals surface area contributed by atoms with E-state index in [1.807, 2.05) is 19.2 Å². The molecule has 2 heterocycles. The topological polar surface area (TPSA) is 59.0 Å². The van der Waals surface area contributed by atoms with Crippen LogP contribution in [0.2, 0.25) is 0 Å². The summed E-state index contributed by atoms with van der Waals surface area (Å²) >= 11 is 0. The smallest absolute Gasteiger partial charge is 0.218 e. The Hall–Kier alpha value is -1.87. The second-order valence-corrected chi connectivity index (χ2v) is 6.15. The molecule has 1 aliphatic heterocycles. The quantitative estimate of drug-likeness (QED) is 0.297. The largest absolute Gasteiger partial charge is 0.475 e. The maximum absolute atomic E-state index is 5.71. The Morgan fingerprint density at radius 3 is 2.78 bits per heavy atom. The number of aromatic nitrogens is 1. The number of benzene rings is 1. The number of hydrogen-bond donors (Lipinski definition) is 1. The zero-order valence-corrected chi connectivity index (χ0v) is 18.2. The van der Waals surface area contributed by atoms with Crippen LogP contribution in [-0.4, -0.2) is 49.8 Å². The van der Waals surface area contributed by atoms with Crippen molar-refractivity contribution in [2.45, 2.75) is 19.5 Å². The predicted molar refractivity (Wildman–Crippen MR) is 118 cm³/mol. The SMILES string of the molecule is CN=C(NCc1cccnc1OCCOC)N1CCc2ccccc2C1.I. The Labute approximate surface area is 178 Å². The summed E-state index contributed by atoms with van der Waals surface area (Å²) in [6, 6.07) is 12.5. The summed E-state index contributed by atoms with van der Waals surface area (Å²) in [5.41, 5.74) is 3.80. The third-order valence-electron chi connectivity index (χ3n) is 4.46. The number of halogens is 1. The first kappa shape index (κ1) is 21.4. The summed E-state index contributed by atoms with van der Waals surface area (Å²) in [5.74, 6) is 1.53. The van der Waals surface area contributed by atoms with Crippen LogP contribution in [0.5, 0.6) is 5.88 Å². The highest BCUT2D eigenvalue weighted by molar-refractivity contribution is 14.0. The van der Waals surface area contributed by atoms with E-state index in [0.717, 1.165) is 31.0 Å². The van der Waals surface area contributed by atoms with Crippen LogP contribution in [0, 0.1) is 0 Å². The van der Waals surface area contributed by atoms with Gasteiger partial charge in [-0.25, -0.2) is 4.98 Å². The van der Waals surface area contributed by atoms with Crippen LogP contribution in [0.3, 0.4) is 0 Å². The van der Waals surface area contributed by atoms with Crippen molar-refractivity contribution in [3.8, 4) is 5.88 Å². The molecule has 146 valence electrons. The molecule has 1 aromatic carbocycles. The van der Waals surface area contributed by atoms with Crippen molar-refractivity contribution in [2.24, 2.45) is 4.99 Å². The third-order valence-corrected chi connectivity index (χ3v) is 4.46. The highest BCUT2D eigenvalue weighted by atomic mass is 127. The maximum atomic E-state index is 5.71. The van der Waals surface area contributed by atoms with Gasteiger partial charge in [-0.15, -0.1) is 24.0 Å². The van der Waals surface area contributed by atoms with Gasteiger partial charge in [0.2, 0.25) is 5.88 Å². The molecule has 0 atom stereocenters. The van der Waals surface area contributed by atoms with Gasteiger partial charge < -0.3 is 19.7 Å². The van der Waals surface area contributed by atoms with E-state index < -0.39 is 0 Å². The molecule has 0 radical (unpaired) electrons. The summed E-state index contributed by atoms with van der Waals surface area (Å²) in [5, 5.41) is 3.44. The lowest BCUT2D eigenvalue weighted by atomic mass is 10.0. The summed E-state index contributed by atoms with van der Waals surface area (Å²) in [6.07, 6.45) is 2.77. The second kappa shape index (κ2) is 11.1. The zero-order chi connectivity index (χ0) is 18.2. The highest BCUT2D eigenvalue weighted by Gasteiger charge is 2.18. The molecule has 0 saturated carbocycles. The Balaban J connectivity index is 0.00000261. The summed E-state index contributed by atoms with van der Waals surface area (Å²) < 4.78 is 10.7. The van der Waals surface area contributed by atoms with Crippen LogP contribution >= 0.6 is 24.0 Å². The zero-order valence-electron chi connectivity index (χ0n) is 15.9. The Kier molecular flexibility index (Phi) is 8.80. The van der Waals surface area contributed by atoms with E-state index >= 15 is 0 Å². The van der Waals surface area contributed by atoms with Gasteiger partial charge in [0.1, 0.15) is 6.61 Å². The van der Waals surface area contributed by atoms with Crippen molar-refractivity contribution < 1.29 is 9.47 Å².